The van der Waals surface area contributed by atoms with Crippen molar-refractivity contribution in [1.29, 1.82) is 0 Å². The highest BCUT2D eigenvalue weighted by Crippen LogP contribution is 2.15. The molecule has 1 amide bonds. The van der Waals surface area contributed by atoms with Crippen LogP contribution in [-0.2, 0) is 21.4 Å². The number of hydrogen-bond donors (Lipinski definition) is 3. The largest absolute Gasteiger partial charge is 0.357 e. The number of carbonyl (C=O) groups excluding carboxylic acids is 1. The van der Waals surface area contributed by atoms with E-state index in [1.807, 2.05) is 35.2 Å². The molecule has 1 aromatic heterocycles. The van der Waals surface area contributed by atoms with Gasteiger partial charge in [-0.2, -0.15) is 0 Å². The SMILES string of the molecule is CONS(=O)(=O)c1ccc(C(=O)NCc2cc3ccccc3[nH]2)cc1. The second kappa shape index (κ2) is 7.06. The topological polar surface area (TPSA) is 100 Å². The molecule has 1 heterocycles. The van der Waals surface area contributed by atoms with Crippen molar-refractivity contribution in [3.63, 3.8) is 0 Å². The third kappa shape index (κ3) is 3.87. The third-order valence-electron chi connectivity index (χ3n) is 3.64. The molecule has 25 heavy (non-hydrogen) atoms. The van der Waals surface area contributed by atoms with Crippen molar-refractivity contribution < 1.29 is 18.0 Å². The summed E-state index contributed by atoms with van der Waals surface area (Å²) in [5.41, 5.74) is 2.26. The Morgan fingerprint density at radius 3 is 2.52 bits per heavy atom. The summed E-state index contributed by atoms with van der Waals surface area (Å²) in [7, 11) is -2.52. The van der Waals surface area contributed by atoms with E-state index in [0.717, 1.165) is 16.6 Å². The first-order valence-electron chi connectivity index (χ1n) is 7.49. The molecule has 0 saturated heterocycles. The molecule has 0 bridgehead atoms. The van der Waals surface area contributed by atoms with Crippen LogP contribution in [0.4, 0.5) is 0 Å². The van der Waals surface area contributed by atoms with Gasteiger partial charge < -0.3 is 10.3 Å². The third-order valence-corrected chi connectivity index (χ3v) is 4.92. The van der Waals surface area contributed by atoms with Gasteiger partial charge in [0.05, 0.1) is 18.6 Å². The van der Waals surface area contributed by atoms with Crippen LogP contribution in [0.3, 0.4) is 0 Å². The van der Waals surface area contributed by atoms with Crippen molar-refractivity contribution in [3.05, 3.63) is 65.9 Å². The van der Waals surface area contributed by atoms with Gasteiger partial charge in [0.25, 0.3) is 15.9 Å². The highest BCUT2D eigenvalue weighted by Gasteiger charge is 2.14. The molecule has 8 heteroatoms. The summed E-state index contributed by atoms with van der Waals surface area (Å²) in [4.78, 5) is 21.8. The molecule has 3 aromatic rings. The number of fused-ring (bicyclic) bond motifs is 1. The smallest absolute Gasteiger partial charge is 0.262 e. The number of H-pyrrole nitrogens is 1. The quantitative estimate of drug-likeness (QED) is 0.586. The van der Waals surface area contributed by atoms with Crippen molar-refractivity contribution in [2.45, 2.75) is 11.4 Å². The molecular weight excluding hydrogens is 342 g/mol. The van der Waals surface area contributed by atoms with Crippen molar-refractivity contribution in [1.82, 2.24) is 15.2 Å². The molecule has 3 N–H and O–H groups in total. The number of amides is 1. The van der Waals surface area contributed by atoms with Crippen molar-refractivity contribution in [3.8, 4) is 0 Å². The maximum atomic E-state index is 12.2. The van der Waals surface area contributed by atoms with E-state index >= 15 is 0 Å². The maximum Gasteiger partial charge on any atom is 0.262 e. The molecular formula is C17H17N3O4S. The Labute approximate surface area is 145 Å². The average Bonchev–Trinajstić information content (AvgIpc) is 3.02. The van der Waals surface area contributed by atoms with Gasteiger partial charge in [0.1, 0.15) is 0 Å². The summed E-state index contributed by atoms with van der Waals surface area (Å²) < 4.78 is 23.5. The van der Waals surface area contributed by atoms with Crippen molar-refractivity contribution in [2.75, 3.05) is 7.11 Å². The van der Waals surface area contributed by atoms with Gasteiger partial charge in [0.2, 0.25) is 0 Å². The molecule has 2 aromatic carbocycles. The van der Waals surface area contributed by atoms with E-state index in [1.165, 1.54) is 31.4 Å². The molecule has 0 spiro atoms. The van der Waals surface area contributed by atoms with E-state index in [1.54, 1.807) is 0 Å². The minimum Gasteiger partial charge on any atom is -0.357 e. The summed E-state index contributed by atoms with van der Waals surface area (Å²) in [5, 5.41) is 3.88. The predicted molar refractivity (Wildman–Crippen MR) is 93.2 cm³/mol. The molecule has 0 aliphatic rings. The van der Waals surface area contributed by atoms with E-state index in [4.69, 9.17) is 0 Å². The van der Waals surface area contributed by atoms with Crippen LogP contribution in [0.2, 0.25) is 0 Å². The fraction of sp³-hybridized carbons (Fsp3) is 0.118. The van der Waals surface area contributed by atoms with Gasteiger partial charge in [0.15, 0.2) is 0 Å². The lowest BCUT2D eigenvalue weighted by Crippen LogP contribution is -2.24. The fourth-order valence-electron chi connectivity index (χ4n) is 2.45. The summed E-state index contributed by atoms with van der Waals surface area (Å²) in [6, 6.07) is 15.4. The molecule has 0 aliphatic carbocycles. The first kappa shape index (κ1) is 17.2. The van der Waals surface area contributed by atoms with E-state index in [0.29, 0.717) is 12.1 Å². The van der Waals surface area contributed by atoms with Crippen LogP contribution in [0.5, 0.6) is 0 Å². The molecule has 0 aliphatic heterocycles. The van der Waals surface area contributed by atoms with E-state index in [-0.39, 0.29) is 10.8 Å². The highest BCUT2D eigenvalue weighted by molar-refractivity contribution is 7.89. The molecule has 0 unspecified atom stereocenters. The van der Waals surface area contributed by atoms with E-state index in [2.05, 4.69) is 15.1 Å². The van der Waals surface area contributed by atoms with E-state index in [9.17, 15) is 13.2 Å². The summed E-state index contributed by atoms with van der Waals surface area (Å²) in [6.45, 7) is 0.346. The summed E-state index contributed by atoms with van der Waals surface area (Å²) >= 11 is 0. The lowest BCUT2D eigenvalue weighted by molar-refractivity contribution is 0.0950. The van der Waals surface area contributed by atoms with Gasteiger partial charge in [-0.3, -0.25) is 9.63 Å². The lowest BCUT2D eigenvalue weighted by atomic mass is 10.2. The zero-order valence-electron chi connectivity index (χ0n) is 13.4. The monoisotopic (exact) mass is 359 g/mol. The van der Waals surface area contributed by atoms with Crippen LogP contribution in [0, 0.1) is 0 Å². The molecule has 7 nitrogen and oxygen atoms in total. The lowest BCUT2D eigenvalue weighted by Gasteiger charge is -2.06. The van der Waals surface area contributed by atoms with E-state index < -0.39 is 10.0 Å². The minimum absolute atomic E-state index is 0.0153. The second-order valence-electron chi connectivity index (χ2n) is 5.38. The Hall–Kier alpha value is -2.68. The number of carbonyl (C=O) groups is 1. The molecule has 0 atom stereocenters. The van der Waals surface area contributed by atoms with Crippen LogP contribution >= 0.6 is 0 Å². The Morgan fingerprint density at radius 2 is 1.84 bits per heavy atom. The van der Waals surface area contributed by atoms with Gasteiger partial charge in [0, 0.05) is 16.8 Å². The molecule has 130 valence electrons. The van der Waals surface area contributed by atoms with Gasteiger partial charge >= 0.3 is 0 Å². The van der Waals surface area contributed by atoms with Crippen LogP contribution in [0.1, 0.15) is 16.1 Å². The predicted octanol–water partition coefficient (Wildman–Crippen LogP) is 1.94. The van der Waals surface area contributed by atoms with Crippen molar-refractivity contribution >= 4 is 26.8 Å². The normalized spacial score (nSPS) is 11.6. The Morgan fingerprint density at radius 1 is 1.12 bits per heavy atom. The van der Waals surface area contributed by atoms with Gasteiger partial charge in [-0.25, -0.2) is 8.42 Å². The minimum atomic E-state index is -3.73. The molecule has 3 rings (SSSR count). The number of para-hydroxylation sites is 1. The summed E-state index contributed by atoms with van der Waals surface area (Å²) in [5.74, 6) is -0.290. The average molecular weight is 359 g/mol. The fourth-order valence-corrected chi connectivity index (χ4v) is 3.26. The number of aromatic amines is 1. The maximum absolute atomic E-state index is 12.2. The van der Waals surface area contributed by atoms with Crippen LogP contribution in [-0.4, -0.2) is 26.4 Å². The van der Waals surface area contributed by atoms with Gasteiger partial charge in [-0.15, -0.1) is 0 Å². The Balaban J connectivity index is 1.67. The summed E-state index contributed by atoms with van der Waals surface area (Å²) in [6.07, 6.45) is 0. The number of benzene rings is 2. The Kier molecular flexibility index (Phi) is 4.84. The number of nitrogens with one attached hydrogen (secondary N) is 3. The number of aromatic nitrogens is 1. The molecule has 0 saturated carbocycles. The first-order chi connectivity index (χ1) is 12.0. The second-order valence-corrected chi connectivity index (χ2v) is 7.02. The zero-order valence-corrected chi connectivity index (χ0v) is 14.3. The van der Waals surface area contributed by atoms with Crippen LogP contribution in [0.15, 0.2) is 59.5 Å². The molecule has 0 fully saturated rings. The highest BCUT2D eigenvalue weighted by atomic mass is 32.2. The van der Waals surface area contributed by atoms with Gasteiger partial charge in [-0.05, 0) is 41.8 Å². The van der Waals surface area contributed by atoms with Crippen molar-refractivity contribution in [2.24, 2.45) is 0 Å². The number of hydrogen-bond acceptors (Lipinski definition) is 4. The Bertz CT molecular complexity index is 961. The number of rotatable bonds is 6. The first-order valence-corrected chi connectivity index (χ1v) is 8.97. The van der Waals surface area contributed by atoms with Crippen LogP contribution in [0.25, 0.3) is 10.9 Å². The zero-order chi connectivity index (χ0) is 17.9. The molecule has 0 radical (unpaired) electrons. The van der Waals surface area contributed by atoms with Crippen LogP contribution < -0.4 is 10.2 Å². The standard InChI is InChI=1S/C17H17N3O4S/c1-24-20-25(22,23)15-8-6-12(7-9-15)17(21)18-11-14-10-13-4-2-3-5-16(13)19-14/h2-10,19-20H,11H2,1H3,(H,18,21). The number of sulfonamides is 1. The van der Waals surface area contributed by atoms with Gasteiger partial charge in [-0.1, -0.05) is 23.1 Å².